The molecule has 0 aromatic heterocycles. The van der Waals surface area contributed by atoms with E-state index in [0.717, 1.165) is 6.08 Å². The van der Waals surface area contributed by atoms with Gasteiger partial charge in [0.1, 0.15) is 0 Å². The first-order chi connectivity index (χ1) is 11.0. The fraction of sp³-hybridized carbons (Fsp3) is 0.250. The van der Waals surface area contributed by atoms with Crippen molar-refractivity contribution in [2.45, 2.75) is 13.8 Å². The number of hydrogen-bond donors (Lipinski definition) is 0. The van der Waals surface area contributed by atoms with Crippen LogP contribution in [0.15, 0.2) is 30.4 Å². The molecule has 0 unspecified atom stereocenters. The van der Waals surface area contributed by atoms with Gasteiger partial charge in [-0.25, -0.2) is 9.59 Å². The highest BCUT2D eigenvalue weighted by Gasteiger charge is 2.12. The van der Waals surface area contributed by atoms with Crippen LogP contribution in [0.3, 0.4) is 0 Å². The topological polar surface area (TPSA) is 95.7 Å². The molecule has 0 atom stereocenters. The van der Waals surface area contributed by atoms with Crippen LogP contribution in [0.25, 0.3) is 12.2 Å². The third-order valence-electron chi connectivity index (χ3n) is 2.64. The van der Waals surface area contributed by atoms with E-state index in [2.05, 4.69) is 0 Å². The standard InChI is InChI=1S/C16H17NO6/c1-3-22-15(18)9-6-12-5-7-13(14(11-12)17(20)21)8-10-16(19)23-4-2/h5-11H,3-4H2,1-2H3/b9-6+,10-8+. The monoisotopic (exact) mass is 319 g/mol. The lowest BCUT2D eigenvalue weighted by Gasteiger charge is -2.00. The Morgan fingerprint density at radius 1 is 1.09 bits per heavy atom. The molecule has 1 aromatic rings. The highest BCUT2D eigenvalue weighted by molar-refractivity contribution is 5.89. The zero-order chi connectivity index (χ0) is 17.2. The maximum atomic E-state index is 11.3. The highest BCUT2D eigenvalue weighted by Crippen LogP contribution is 2.22. The van der Waals surface area contributed by atoms with Gasteiger partial charge in [0.05, 0.1) is 23.7 Å². The first-order valence-electron chi connectivity index (χ1n) is 6.96. The number of nitrogens with zero attached hydrogens (tertiary/aromatic N) is 1. The maximum Gasteiger partial charge on any atom is 0.330 e. The lowest BCUT2D eigenvalue weighted by molar-refractivity contribution is -0.385. The van der Waals surface area contributed by atoms with Gasteiger partial charge in [0.25, 0.3) is 5.69 Å². The number of rotatable bonds is 7. The second-order valence-corrected chi connectivity index (χ2v) is 4.25. The van der Waals surface area contributed by atoms with Gasteiger partial charge in [0, 0.05) is 18.2 Å². The number of carbonyl (C=O) groups excluding carboxylic acids is 2. The Kier molecular flexibility index (Phi) is 7.19. The van der Waals surface area contributed by atoms with Gasteiger partial charge in [-0.2, -0.15) is 0 Å². The molecule has 0 aliphatic carbocycles. The van der Waals surface area contributed by atoms with Crippen LogP contribution in [0.2, 0.25) is 0 Å². The zero-order valence-electron chi connectivity index (χ0n) is 12.9. The fourth-order valence-corrected chi connectivity index (χ4v) is 1.67. The molecule has 0 N–H and O–H groups in total. The molecular weight excluding hydrogens is 302 g/mol. The lowest BCUT2D eigenvalue weighted by Crippen LogP contribution is -1.99. The number of esters is 2. The Morgan fingerprint density at radius 2 is 1.65 bits per heavy atom. The summed E-state index contributed by atoms with van der Waals surface area (Å²) in [4.78, 5) is 33.1. The summed E-state index contributed by atoms with van der Waals surface area (Å²) in [5.74, 6) is -1.10. The Labute approximate surface area is 133 Å². The van der Waals surface area contributed by atoms with Gasteiger partial charge in [-0.05, 0) is 37.6 Å². The van der Waals surface area contributed by atoms with Crippen LogP contribution >= 0.6 is 0 Å². The van der Waals surface area contributed by atoms with E-state index in [0.29, 0.717) is 5.56 Å². The molecule has 0 radical (unpaired) electrons. The van der Waals surface area contributed by atoms with Crippen molar-refractivity contribution in [2.75, 3.05) is 13.2 Å². The smallest absolute Gasteiger partial charge is 0.330 e. The second kappa shape index (κ2) is 9.14. The van der Waals surface area contributed by atoms with Crippen LogP contribution in [-0.2, 0) is 19.1 Å². The van der Waals surface area contributed by atoms with Crippen LogP contribution in [-0.4, -0.2) is 30.1 Å². The minimum atomic E-state index is -0.576. The van der Waals surface area contributed by atoms with Crippen LogP contribution in [0.1, 0.15) is 25.0 Å². The summed E-state index contributed by atoms with van der Waals surface area (Å²) in [6.45, 7) is 3.82. The summed E-state index contributed by atoms with van der Waals surface area (Å²) in [7, 11) is 0. The minimum Gasteiger partial charge on any atom is -0.463 e. The van der Waals surface area contributed by atoms with Crippen LogP contribution in [0, 0.1) is 10.1 Å². The number of benzene rings is 1. The van der Waals surface area contributed by atoms with Gasteiger partial charge in [-0.1, -0.05) is 6.07 Å². The number of nitro benzene ring substituents is 1. The van der Waals surface area contributed by atoms with Gasteiger partial charge >= 0.3 is 11.9 Å². The van der Waals surface area contributed by atoms with Crippen molar-refractivity contribution in [1.82, 2.24) is 0 Å². The van der Waals surface area contributed by atoms with Crippen molar-refractivity contribution >= 4 is 29.8 Å². The number of nitro groups is 1. The molecular formula is C16H17NO6. The van der Waals surface area contributed by atoms with E-state index in [1.807, 2.05) is 0 Å². The molecule has 0 aliphatic rings. The third kappa shape index (κ3) is 6.13. The quantitative estimate of drug-likeness (QED) is 0.332. The molecule has 1 rings (SSSR count). The molecule has 0 aliphatic heterocycles. The Hall–Kier alpha value is -2.96. The third-order valence-corrected chi connectivity index (χ3v) is 2.64. The van der Waals surface area contributed by atoms with E-state index in [4.69, 9.17) is 9.47 Å². The van der Waals surface area contributed by atoms with E-state index in [1.54, 1.807) is 19.9 Å². The van der Waals surface area contributed by atoms with Crippen molar-refractivity contribution < 1.29 is 24.0 Å². The Morgan fingerprint density at radius 3 is 2.17 bits per heavy atom. The van der Waals surface area contributed by atoms with Crippen molar-refractivity contribution in [1.29, 1.82) is 0 Å². The average molecular weight is 319 g/mol. The average Bonchev–Trinajstić information content (AvgIpc) is 2.51. The molecule has 0 bridgehead atoms. The summed E-state index contributed by atoms with van der Waals surface area (Å²) in [5.41, 5.74) is 0.547. The van der Waals surface area contributed by atoms with E-state index in [1.165, 1.54) is 30.4 Å². The van der Waals surface area contributed by atoms with Crippen molar-refractivity contribution in [2.24, 2.45) is 0 Å². The fourth-order valence-electron chi connectivity index (χ4n) is 1.67. The molecule has 7 heteroatoms. The summed E-state index contributed by atoms with van der Waals surface area (Å²) in [6, 6.07) is 4.38. The predicted octanol–water partition coefficient (Wildman–Crippen LogP) is 2.75. The highest BCUT2D eigenvalue weighted by atomic mass is 16.6. The first-order valence-corrected chi connectivity index (χ1v) is 6.96. The van der Waals surface area contributed by atoms with Crippen molar-refractivity contribution in [3.8, 4) is 0 Å². The largest absolute Gasteiger partial charge is 0.463 e. The molecule has 0 heterocycles. The van der Waals surface area contributed by atoms with Gasteiger partial charge in [0.15, 0.2) is 0 Å². The molecule has 1 aromatic carbocycles. The summed E-state index contributed by atoms with van der Waals surface area (Å²) < 4.78 is 9.45. The summed E-state index contributed by atoms with van der Waals surface area (Å²) in [6.07, 6.45) is 5.05. The Bertz CT molecular complexity index is 648. The van der Waals surface area contributed by atoms with E-state index >= 15 is 0 Å². The number of hydrogen-bond acceptors (Lipinski definition) is 6. The molecule has 0 spiro atoms. The van der Waals surface area contributed by atoms with Crippen LogP contribution < -0.4 is 0 Å². The first kappa shape index (κ1) is 18.1. The summed E-state index contributed by atoms with van der Waals surface area (Å²) in [5, 5.41) is 11.1. The summed E-state index contributed by atoms with van der Waals surface area (Å²) >= 11 is 0. The molecule has 0 saturated carbocycles. The number of ether oxygens (including phenoxy) is 2. The van der Waals surface area contributed by atoms with Gasteiger partial charge in [-0.3, -0.25) is 10.1 Å². The maximum absolute atomic E-state index is 11.3. The Balaban J connectivity index is 3.01. The molecule has 122 valence electrons. The molecule has 0 fully saturated rings. The van der Waals surface area contributed by atoms with Crippen molar-refractivity contribution in [3.63, 3.8) is 0 Å². The number of carbonyl (C=O) groups is 2. The normalized spacial score (nSPS) is 10.9. The lowest BCUT2D eigenvalue weighted by atomic mass is 10.1. The van der Waals surface area contributed by atoms with Crippen LogP contribution in [0.5, 0.6) is 0 Å². The molecule has 0 amide bonds. The van der Waals surface area contributed by atoms with Crippen molar-refractivity contribution in [3.05, 3.63) is 51.6 Å². The van der Waals surface area contributed by atoms with E-state index in [9.17, 15) is 19.7 Å². The van der Waals surface area contributed by atoms with E-state index in [-0.39, 0.29) is 24.5 Å². The van der Waals surface area contributed by atoms with Gasteiger partial charge in [-0.15, -0.1) is 0 Å². The van der Waals surface area contributed by atoms with Gasteiger partial charge in [0.2, 0.25) is 0 Å². The second-order valence-electron chi connectivity index (χ2n) is 4.25. The SMILES string of the molecule is CCOC(=O)/C=C/c1ccc(/C=C/C(=O)OCC)c([N+](=O)[O-])c1. The van der Waals surface area contributed by atoms with E-state index < -0.39 is 16.9 Å². The molecule has 7 nitrogen and oxygen atoms in total. The minimum absolute atomic E-state index is 0.184. The van der Waals surface area contributed by atoms with Gasteiger partial charge < -0.3 is 9.47 Å². The zero-order valence-corrected chi connectivity index (χ0v) is 12.9. The molecule has 0 saturated heterocycles. The molecule has 23 heavy (non-hydrogen) atoms. The predicted molar refractivity (Wildman–Crippen MR) is 84.4 cm³/mol. The van der Waals surface area contributed by atoms with Crippen LogP contribution in [0.4, 0.5) is 5.69 Å².